The topological polar surface area (TPSA) is 72.2 Å². The van der Waals surface area contributed by atoms with E-state index in [1.807, 2.05) is 37.3 Å². The number of hydrogen-bond acceptors (Lipinski definition) is 4. The number of pyridine rings is 1. The zero-order chi connectivity index (χ0) is 19.7. The first-order valence-electron chi connectivity index (χ1n) is 9.43. The maximum Gasteiger partial charge on any atom is 0.295 e. The molecule has 0 spiro atoms. The number of rotatable bonds is 4. The molecule has 144 valence electrons. The lowest BCUT2D eigenvalue weighted by atomic mass is 10.2. The maximum absolute atomic E-state index is 13.0. The number of para-hydroxylation sites is 1. The SMILES string of the molecule is Cc1c(NC(=O)c2cccnc2N2CCCC2)c(=O)n(-c2ccccc2)n1C. The van der Waals surface area contributed by atoms with E-state index in [4.69, 9.17) is 0 Å². The highest BCUT2D eigenvalue weighted by Crippen LogP contribution is 2.23. The van der Waals surface area contributed by atoms with Crippen molar-refractivity contribution in [3.8, 4) is 5.69 Å². The number of carbonyl (C=O) groups is 1. The van der Waals surface area contributed by atoms with Crippen LogP contribution in [0.15, 0.2) is 53.5 Å². The van der Waals surface area contributed by atoms with Crippen LogP contribution in [0, 0.1) is 6.92 Å². The van der Waals surface area contributed by atoms with Crippen LogP contribution in [0.2, 0.25) is 0 Å². The van der Waals surface area contributed by atoms with Gasteiger partial charge in [0.1, 0.15) is 11.5 Å². The van der Waals surface area contributed by atoms with E-state index >= 15 is 0 Å². The molecular formula is C21H23N5O2. The Kier molecular flexibility index (Phi) is 4.73. The molecule has 7 nitrogen and oxygen atoms in total. The van der Waals surface area contributed by atoms with Gasteiger partial charge in [-0.25, -0.2) is 9.67 Å². The summed E-state index contributed by atoms with van der Waals surface area (Å²) in [6.45, 7) is 3.60. The van der Waals surface area contributed by atoms with Crippen LogP contribution < -0.4 is 15.8 Å². The van der Waals surface area contributed by atoms with Crippen molar-refractivity contribution in [2.24, 2.45) is 7.05 Å². The molecule has 0 saturated carbocycles. The third-order valence-corrected chi connectivity index (χ3v) is 5.23. The molecule has 1 aromatic carbocycles. The van der Waals surface area contributed by atoms with E-state index in [0.29, 0.717) is 17.1 Å². The molecule has 1 saturated heterocycles. The van der Waals surface area contributed by atoms with E-state index in [0.717, 1.165) is 31.6 Å². The molecule has 0 atom stereocenters. The highest BCUT2D eigenvalue weighted by molar-refractivity contribution is 6.07. The van der Waals surface area contributed by atoms with Gasteiger partial charge in [0, 0.05) is 26.3 Å². The molecule has 3 heterocycles. The lowest BCUT2D eigenvalue weighted by Crippen LogP contribution is -2.26. The van der Waals surface area contributed by atoms with E-state index in [-0.39, 0.29) is 17.2 Å². The van der Waals surface area contributed by atoms with E-state index in [2.05, 4.69) is 15.2 Å². The Morgan fingerprint density at radius 3 is 2.50 bits per heavy atom. The second kappa shape index (κ2) is 7.34. The predicted molar refractivity (Wildman–Crippen MR) is 109 cm³/mol. The van der Waals surface area contributed by atoms with Gasteiger partial charge >= 0.3 is 0 Å². The summed E-state index contributed by atoms with van der Waals surface area (Å²) in [6, 6.07) is 12.9. The maximum atomic E-state index is 13.0. The Balaban J connectivity index is 1.69. The predicted octanol–water partition coefficient (Wildman–Crippen LogP) is 2.73. The van der Waals surface area contributed by atoms with Gasteiger partial charge in [-0.3, -0.25) is 14.3 Å². The Labute approximate surface area is 163 Å². The minimum Gasteiger partial charge on any atom is -0.356 e. The van der Waals surface area contributed by atoms with Gasteiger partial charge in [0.15, 0.2) is 0 Å². The summed E-state index contributed by atoms with van der Waals surface area (Å²) in [4.78, 5) is 32.6. The van der Waals surface area contributed by atoms with Gasteiger partial charge < -0.3 is 10.2 Å². The standard InChI is InChI=1S/C21H23N5O2/c1-15-18(21(28)26(24(15)2)16-9-4-3-5-10-16)23-20(27)17-11-8-12-22-19(17)25-13-6-7-14-25/h3-5,8-12H,6-7,13-14H2,1-2H3,(H,23,27). The highest BCUT2D eigenvalue weighted by atomic mass is 16.2. The van der Waals surface area contributed by atoms with Gasteiger partial charge in [0.2, 0.25) is 0 Å². The molecular weight excluding hydrogens is 354 g/mol. The molecule has 0 bridgehead atoms. The normalized spacial score (nSPS) is 13.7. The van der Waals surface area contributed by atoms with Crippen LogP contribution in [0.3, 0.4) is 0 Å². The molecule has 28 heavy (non-hydrogen) atoms. The summed E-state index contributed by atoms with van der Waals surface area (Å²) < 4.78 is 3.30. The number of carbonyl (C=O) groups excluding carboxylic acids is 1. The van der Waals surface area contributed by atoms with Crippen LogP contribution in [-0.2, 0) is 7.05 Å². The molecule has 4 rings (SSSR count). The van der Waals surface area contributed by atoms with Crippen molar-refractivity contribution in [1.29, 1.82) is 0 Å². The molecule has 1 aliphatic rings. The van der Waals surface area contributed by atoms with Crippen LogP contribution in [0.5, 0.6) is 0 Å². The molecule has 7 heteroatoms. The molecule has 3 aromatic rings. The molecule has 0 aliphatic carbocycles. The minimum atomic E-state index is -0.319. The van der Waals surface area contributed by atoms with Gasteiger partial charge in [-0.15, -0.1) is 0 Å². The quantitative estimate of drug-likeness (QED) is 0.759. The second-order valence-corrected chi connectivity index (χ2v) is 6.96. The third kappa shape index (κ3) is 3.09. The number of nitrogens with one attached hydrogen (secondary N) is 1. The van der Waals surface area contributed by atoms with Crippen molar-refractivity contribution in [2.45, 2.75) is 19.8 Å². The fourth-order valence-electron chi connectivity index (χ4n) is 3.65. The van der Waals surface area contributed by atoms with Crippen molar-refractivity contribution in [1.82, 2.24) is 14.3 Å². The van der Waals surface area contributed by atoms with Crippen LogP contribution in [0.4, 0.5) is 11.5 Å². The molecule has 0 unspecified atom stereocenters. The number of amides is 1. The first-order chi connectivity index (χ1) is 13.6. The third-order valence-electron chi connectivity index (χ3n) is 5.23. The van der Waals surface area contributed by atoms with Crippen molar-refractivity contribution in [3.05, 3.63) is 70.3 Å². The van der Waals surface area contributed by atoms with Crippen molar-refractivity contribution >= 4 is 17.4 Å². The van der Waals surface area contributed by atoms with Gasteiger partial charge in [-0.2, -0.15) is 0 Å². The van der Waals surface area contributed by atoms with Crippen molar-refractivity contribution in [3.63, 3.8) is 0 Å². The van der Waals surface area contributed by atoms with Gasteiger partial charge in [0.05, 0.1) is 16.9 Å². The first kappa shape index (κ1) is 18.0. The van der Waals surface area contributed by atoms with E-state index in [1.165, 1.54) is 0 Å². The van der Waals surface area contributed by atoms with Crippen molar-refractivity contribution < 1.29 is 4.79 Å². The minimum absolute atomic E-state index is 0.258. The zero-order valence-electron chi connectivity index (χ0n) is 16.1. The Morgan fingerprint density at radius 2 is 1.79 bits per heavy atom. The number of hydrogen-bond donors (Lipinski definition) is 1. The number of nitrogens with zero attached hydrogens (tertiary/aromatic N) is 4. The van der Waals surface area contributed by atoms with Crippen LogP contribution in [-0.4, -0.2) is 33.3 Å². The van der Waals surface area contributed by atoms with E-state index < -0.39 is 0 Å². The first-order valence-corrected chi connectivity index (χ1v) is 9.43. The lowest BCUT2D eigenvalue weighted by molar-refractivity contribution is 0.102. The average Bonchev–Trinajstić information content (AvgIpc) is 3.32. The summed E-state index contributed by atoms with van der Waals surface area (Å²) in [5.41, 5.74) is 1.95. The molecule has 1 N–H and O–H groups in total. The van der Waals surface area contributed by atoms with Crippen molar-refractivity contribution in [2.75, 3.05) is 23.3 Å². The summed E-state index contributed by atoms with van der Waals surface area (Å²) >= 11 is 0. The van der Waals surface area contributed by atoms with Gasteiger partial charge in [-0.1, -0.05) is 18.2 Å². The zero-order valence-corrected chi connectivity index (χ0v) is 16.1. The van der Waals surface area contributed by atoms with E-state index in [1.54, 1.807) is 34.7 Å². The van der Waals surface area contributed by atoms with Crippen LogP contribution >= 0.6 is 0 Å². The summed E-state index contributed by atoms with van der Waals surface area (Å²) in [5.74, 6) is 0.357. The molecule has 1 aliphatic heterocycles. The lowest BCUT2D eigenvalue weighted by Gasteiger charge is -2.19. The van der Waals surface area contributed by atoms with Gasteiger partial charge in [0.25, 0.3) is 11.5 Å². The van der Waals surface area contributed by atoms with Gasteiger partial charge in [-0.05, 0) is 44.0 Å². The largest absolute Gasteiger partial charge is 0.356 e. The smallest absolute Gasteiger partial charge is 0.295 e. The fourth-order valence-corrected chi connectivity index (χ4v) is 3.65. The second-order valence-electron chi connectivity index (χ2n) is 6.96. The molecule has 2 aromatic heterocycles. The average molecular weight is 377 g/mol. The number of aromatic nitrogens is 3. The Morgan fingerprint density at radius 1 is 1.07 bits per heavy atom. The molecule has 0 radical (unpaired) electrons. The van der Waals surface area contributed by atoms with Crippen LogP contribution in [0.25, 0.3) is 5.69 Å². The highest BCUT2D eigenvalue weighted by Gasteiger charge is 2.23. The Bertz CT molecular complexity index is 1060. The van der Waals surface area contributed by atoms with E-state index in [9.17, 15) is 9.59 Å². The summed E-state index contributed by atoms with van der Waals surface area (Å²) in [5, 5.41) is 2.83. The molecule has 1 fully saturated rings. The molecule has 1 amide bonds. The fraction of sp³-hybridized carbons (Fsp3) is 0.286. The summed E-state index contributed by atoms with van der Waals surface area (Å²) in [7, 11) is 1.80. The number of benzene rings is 1. The number of anilines is 2. The monoisotopic (exact) mass is 377 g/mol. The summed E-state index contributed by atoms with van der Waals surface area (Å²) in [6.07, 6.45) is 3.88. The van der Waals surface area contributed by atoms with Crippen LogP contribution in [0.1, 0.15) is 28.9 Å². The Hall–Kier alpha value is -3.35.